The highest BCUT2D eigenvalue weighted by atomic mass is 19.4. The first-order valence-corrected chi connectivity index (χ1v) is 14.1. The summed E-state index contributed by atoms with van der Waals surface area (Å²) < 4.78 is 90.9. The molecule has 46 heavy (non-hydrogen) atoms. The highest BCUT2D eigenvalue weighted by Gasteiger charge is 2.34. The number of hydrogen-bond donors (Lipinski definition) is 1. The van der Waals surface area contributed by atoms with Gasteiger partial charge in [0.05, 0.1) is 31.0 Å². The second kappa shape index (κ2) is 12.6. The molecule has 0 saturated carbocycles. The van der Waals surface area contributed by atoms with Gasteiger partial charge >= 0.3 is 12.2 Å². The molecule has 0 unspecified atom stereocenters. The van der Waals surface area contributed by atoms with Gasteiger partial charge in [-0.25, -0.2) is 18.0 Å². The first kappa shape index (κ1) is 30.7. The lowest BCUT2D eigenvalue weighted by Gasteiger charge is -2.26. The van der Waals surface area contributed by atoms with Gasteiger partial charge in [-0.3, -0.25) is 4.68 Å². The number of halogens is 6. The van der Waals surface area contributed by atoms with Crippen molar-refractivity contribution in [1.82, 2.24) is 14.7 Å². The number of carbonyl (C=O) groups excluding carboxylic acids is 1. The highest BCUT2D eigenvalue weighted by Crippen LogP contribution is 2.38. The number of nitrogens with one attached hydrogen (secondary N) is 1. The average Bonchev–Trinajstić information content (AvgIpc) is 3.40. The topological polar surface area (TPSA) is 59.4 Å². The van der Waals surface area contributed by atoms with Gasteiger partial charge in [-0.2, -0.15) is 18.3 Å². The molecular formula is C34H24F6N4O2. The minimum Gasteiger partial charge on any atom is -0.378 e. The van der Waals surface area contributed by atoms with Gasteiger partial charge in [0.2, 0.25) is 0 Å². The molecule has 1 aromatic heterocycles. The second-order valence-corrected chi connectivity index (χ2v) is 10.5. The molecule has 0 spiro atoms. The fourth-order valence-electron chi connectivity index (χ4n) is 5.20. The quantitative estimate of drug-likeness (QED) is 0.165. The van der Waals surface area contributed by atoms with Crippen molar-refractivity contribution in [1.29, 1.82) is 0 Å². The maximum absolute atomic E-state index is 14.6. The number of anilines is 1. The number of morpholine rings is 1. The zero-order chi connectivity index (χ0) is 32.4. The van der Waals surface area contributed by atoms with Crippen molar-refractivity contribution in [3.05, 3.63) is 119 Å². The van der Waals surface area contributed by atoms with Crippen LogP contribution in [0.5, 0.6) is 0 Å². The predicted molar refractivity (Wildman–Crippen MR) is 159 cm³/mol. The molecule has 6 rings (SSSR count). The number of urea groups is 1. The van der Waals surface area contributed by atoms with E-state index >= 15 is 0 Å². The Kier molecular flexibility index (Phi) is 8.42. The van der Waals surface area contributed by atoms with Crippen LogP contribution in [0.25, 0.3) is 22.2 Å². The van der Waals surface area contributed by atoms with E-state index in [1.807, 2.05) is 0 Å². The molecule has 1 aliphatic heterocycles. The van der Waals surface area contributed by atoms with E-state index in [9.17, 15) is 31.1 Å². The van der Waals surface area contributed by atoms with Crippen LogP contribution in [0.1, 0.15) is 22.3 Å². The summed E-state index contributed by atoms with van der Waals surface area (Å²) in [4.78, 5) is 14.2. The van der Waals surface area contributed by atoms with E-state index in [4.69, 9.17) is 4.74 Å². The van der Waals surface area contributed by atoms with Crippen LogP contribution in [0.4, 0.5) is 36.8 Å². The molecule has 5 aromatic rings. The summed E-state index contributed by atoms with van der Waals surface area (Å²) >= 11 is 0. The predicted octanol–water partition coefficient (Wildman–Crippen LogP) is 7.45. The zero-order valence-electron chi connectivity index (χ0n) is 24.0. The summed E-state index contributed by atoms with van der Waals surface area (Å²) in [6.07, 6.45) is -4.74. The molecule has 2 amide bonds. The van der Waals surface area contributed by atoms with Gasteiger partial charge in [-0.15, -0.1) is 0 Å². The van der Waals surface area contributed by atoms with Crippen LogP contribution in [0, 0.1) is 29.3 Å². The number of nitrogens with zero attached hydrogens (tertiary/aromatic N) is 3. The maximum atomic E-state index is 14.6. The molecule has 6 nitrogen and oxygen atoms in total. The van der Waals surface area contributed by atoms with Crippen LogP contribution in [-0.4, -0.2) is 47.0 Å². The lowest BCUT2D eigenvalue weighted by Crippen LogP contribution is -2.43. The molecule has 1 N–H and O–H groups in total. The van der Waals surface area contributed by atoms with Gasteiger partial charge in [0.1, 0.15) is 23.0 Å². The maximum Gasteiger partial charge on any atom is 0.418 e. The van der Waals surface area contributed by atoms with Crippen LogP contribution in [0.2, 0.25) is 0 Å². The Labute approximate surface area is 259 Å². The Morgan fingerprint density at radius 1 is 0.870 bits per heavy atom. The number of ether oxygens (including phenoxy) is 1. The van der Waals surface area contributed by atoms with Crippen molar-refractivity contribution in [2.45, 2.75) is 12.7 Å². The lowest BCUT2D eigenvalue weighted by molar-refractivity contribution is -0.136. The largest absolute Gasteiger partial charge is 0.418 e. The first-order chi connectivity index (χ1) is 22.1. The van der Waals surface area contributed by atoms with Gasteiger partial charge in [0.25, 0.3) is 0 Å². The molecule has 234 valence electrons. The number of rotatable bonds is 4. The molecule has 0 radical (unpaired) electrons. The van der Waals surface area contributed by atoms with Crippen LogP contribution in [0.15, 0.2) is 78.9 Å². The normalized spacial score (nSPS) is 13.4. The second-order valence-electron chi connectivity index (χ2n) is 10.5. The van der Waals surface area contributed by atoms with Crippen LogP contribution in [0.3, 0.4) is 0 Å². The number of amides is 2. The fraction of sp³-hybridized carbons (Fsp3) is 0.176. The minimum absolute atomic E-state index is 0.103. The van der Waals surface area contributed by atoms with Gasteiger partial charge in [0, 0.05) is 58.5 Å². The summed E-state index contributed by atoms with van der Waals surface area (Å²) in [6.45, 7) is 1.32. The van der Waals surface area contributed by atoms with Gasteiger partial charge in [-0.05, 0) is 36.4 Å². The number of hydrogen-bond acceptors (Lipinski definition) is 3. The zero-order valence-corrected chi connectivity index (χ0v) is 24.0. The molecule has 2 heterocycles. The van der Waals surface area contributed by atoms with Crippen molar-refractivity contribution in [2.75, 3.05) is 31.6 Å². The monoisotopic (exact) mass is 634 g/mol. The summed E-state index contributed by atoms with van der Waals surface area (Å²) in [6, 6.07) is 17.8. The van der Waals surface area contributed by atoms with Crippen LogP contribution < -0.4 is 5.32 Å². The van der Waals surface area contributed by atoms with Crippen molar-refractivity contribution < 1.29 is 35.9 Å². The highest BCUT2D eigenvalue weighted by molar-refractivity contribution is 5.95. The standard InChI is InChI=1S/C34H24F6N4O2/c35-24-18-29(36)27(30(37)19-24)20-44-32(26-8-3-9-28(31(26)42-44)34(38,39)40)23-6-1-4-21(16-23)10-11-22-5-2-7-25(17-22)41-33(45)43-12-14-46-15-13-43/h1-9,16-19H,12-15,20H2,(H,41,45). The van der Waals surface area contributed by atoms with Crippen molar-refractivity contribution in [2.24, 2.45) is 0 Å². The Balaban J connectivity index is 1.36. The van der Waals surface area contributed by atoms with Gasteiger partial charge in [0.15, 0.2) is 0 Å². The number of fused-ring (bicyclic) bond motifs is 1. The summed E-state index contributed by atoms with van der Waals surface area (Å²) in [5.74, 6) is 2.54. The molecule has 12 heteroatoms. The van der Waals surface area contributed by atoms with Gasteiger partial charge < -0.3 is 15.0 Å². The summed E-state index contributed by atoms with van der Waals surface area (Å²) in [7, 11) is 0. The number of aromatic nitrogens is 2. The molecule has 1 saturated heterocycles. The number of alkyl halides is 3. The Morgan fingerprint density at radius 2 is 1.52 bits per heavy atom. The molecule has 1 aliphatic rings. The van der Waals surface area contributed by atoms with E-state index in [-0.39, 0.29) is 17.1 Å². The smallest absolute Gasteiger partial charge is 0.378 e. The van der Waals surface area contributed by atoms with Crippen LogP contribution >= 0.6 is 0 Å². The van der Waals surface area contributed by atoms with Crippen molar-refractivity contribution >= 4 is 22.6 Å². The third-order valence-corrected chi connectivity index (χ3v) is 7.39. The molecule has 4 aromatic carbocycles. The van der Waals surface area contributed by atoms with Gasteiger partial charge in [-0.1, -0.05) is 42.2 Å². The molecule has 1 fully saturated rings. The van der Waals surface area contributed by atoms with E-state index in [2.05, 4.69) is 22.3 Å². The van der Waals surface area contributed by atoms with Crippen molar-refractivity contribution in [3.63, 3.8) is 0 Å². The number of carbonyl (C=O) groups is 1. The Hall–Kier alpha value is -5.28. The Bertz CT molecular complexity index is 1980. The van der Waals surface area contributed by atoms with E-state index in [0.717, 1.165) is 10.7 Å². The minimum atomic E-state index is -4.74. The lowest BCUT2D eigenvalue weighted by atomic mass is 10.0. The third-order valence-electron chi connectivity index (χ3n) is 7.39. The van der Waals surface area contributed by atoms with E-state index in [0.29, 0.717) is 60.8 Å². The summed E-state index contributed by atoms with van der Waals surface area (Å²) in [5.41, 5.74) is 0.226. The van der Waals surface area contributed by atoms with E-state index in [1.165, 1.54) is 12.1 Å². The molecule has 0 atom stereocenters. The fourth-order valence-corrected chi connectivity index (χ4v) is 5.20. The third kappa shape index (κ3) is 6.55. The SMILES string of the molecule is O=C(Nc1cccc(C#Cc2cccc(-c3c4cccc(C(F)(F)F)c4nn3Cc3c(F)cc(F)cc3F)c2)c1)N1CCOCC1. The number of benzene rings is 4. The Morgan fingerprint density at radius 3 is 2.22 bits per heavy atom. The van der Waals surface area contributed by atoms with E-state index in [1.54, 1.807) is 53.4 Å². The van der Waals surface area contributed by atoms with Crippen LogP contribution in [-0.2, 0) is 17.5 Å². The molecule has 0 aliphatic carbocycles. The first-order valence-electron chi connectivity index (χ1n) is 14.1. The molecular weight excluding hydrogens is 610 g/mol. The average molecular weight is 635 g/mol. The molecule has 0 bridgehead atoms. The van der Waals surface area contributed by atoms with E-state index < -0.39 is 46.8 Å². The van der Waals surface area contributed by atoms with Crippen molar-refractivity contribution in [3.8, 4) is 23.1 Å². The summed E-state index contributed by atoms with van der Waals surface area (Å²) in [5, 5.41) is 7.08.